The van der Waals surface area contributed by atoms with Gasteiger partial charge in [0.25, 0.3) is 0 Å². The smallest absolute Gasteiger partial charge is 0.136 e. The third-order valence-electron chi connectivity index (χ3n) is 3.16. The van der Waals surface area contributed by atoms with E-state index in [9.17, 15) is 0 Å². The Morgan fingerprint density at radius 2 is 1.95 bits per heavy atom. The molecular formula is C15H22N4S. The van der Waals surface area contributed by atoms with Gasteiger partial charge in [-0.25, -0.2) is 15.0 Å². The van der Waals surface area contributed by atoms with Crippen molar-refractivity contribution in [1.29, 1.82) is 0 Å². The molecule has 0 fully saturated rings. The average molecular weight is 290 g/mol. The summed E-state index contributed by atoms with van der Waals surface area (Å²) < 4.78 is 0. The van der Waals surface area contributed by atoms with Crippen LogP contribution in [0.3, 0.4) is 0 Å². The second kappa shape index (κ2) is 6.79. The Balaban J connectivity index is 2.27. The van der Waals surface area contributed by atoms with E-state index in [4.69, 9.17) is 0 Å². The zero-order chi connectivity index (χ0) is 14.5. The molecule has 0 aliphatic carbocycles. The summed E-state index contributed by atoms with van der Waals surface area (Å²) in [5.41, 5.74) is 3.34. The molecule has 0 spiro atoms. The molecule has 20 heavy (non-hydrogen) atoms. The zero-order valence-corrected chi connectivity index (χ0v) is 13.5. The summed E-state index contributed by atoms with van der Waals surface area (Å²) in [6.45, 7) is 9.33. The number of rotatable bonds is 6. The monoisotopic (exact) mass is 290 g/mol. The molecule has 0 aliphatic heterocycles. The van der Waals surface area contributed by atoms with Gasteiger partial charge in [0.15, 0.2) is 0 Å². The summed E-state index contributed by atoms with van der Waals surface area (Å²) in [5, 5.41) is 6.59. The highest BCUT2D eigenvalue weighted by Gasteiger charge is 2.11. The Kier molecular flexibility index (Phi) is 5.06. The first-order valence-electron chi connectivity index (χ1n) is 7.15. The van der Waals surface area contributed by atoms with Crippen molar-refractivity contribution in [1.82, 2.24) is 15.0 Å². The summed E-state index contributed by atoms with van der Waals surface area (Å²) in [5.74, 6) is 1.84. The van der Waals surface area contributed by atoms with Gasteiger partial charge in [0.05, 0.1) is 17.1 Å². The van der Waals surface area contributed by atoms with Gasteiger partial charge in [-0.2, -0.15) is 0 Å². The van der Waals surface area contributed by atoms with Crippen molar-refractivity contribution < 1.29 is 0 Å². The minimum Gasteiger partial charge on any atom is -0.370 e. The number of hydrogen-bond acceptors (Lipinski definition) is 5. The Morgan fingerprint density at radius 3 is 2.55 bits per heavy atom. The van der Waals surface area contributed by atoms with Gasteiger partial charge in [0, 0.05) is 23.2 Å². The molecule has 0 aromatic carbocycles. The first kappa shape index (κ1) is 14.9. The van der Waals surface area contributed by atoms with Crippen LogP contribution < -0.4 is 5.32 Å². The molecule has 4 nitrogen and oxygen atoms in total. The fraction of sp³-hybridized carbons (Fsp3) is 0.533. The maximum Gasteiger partial charge on any atom is 0.136 e. The molecule has 5 heteroatoms. The maximum absolute atomic E-state index is 4.69. The standard InChI is InChI=1S/C15H22N4S/c1-5-7-16-15-13(6-2)10(3)17-14(19-15)8-12-9-20-11(4)18-12/h9H,5-8H2,1-4H3,(H,16,17,19). The second-order valence-corrected chi connectivity index (χ2v) is 5.93. The largest absolute Gasteiger partial charge is 0.370 e. The lowest BCUT2D eigenvalue weighted by atomic mass is 10.1. The molecule has 0 saturated heterocycles. The van der Waals surface area contributed by atoms with E-state index in [1.807, 2.05) is 6.92 Å². The molecule has 0 aliphatic rings. The minimum absolute atomic E-state index is 0.704. The maximum atomic E-state index is 4.69. The number of aromatic nitrogens is 3. The molecule has 108 valence electrons. The summed E-state index contributed by atoms with van der Waals surface area (Å²) in [6, 6.07) is 0. The van der Waals surface area contributed by atoms with Crippen LogP contribution in [-0.4, -0.2) is 21.5 Å². The van der Waals surface area contributed by atoms with E-state index >= 15 is 0 Å². The van der Waals surface area contributed by atoms with Crippen molar-refractivity contribution >= 4 is 17.2 Å². The van der Waals surface area contributed by atoms with Gasteiger partial charge in [0.2, 0.25) is 0 Å². The SMILES string of the molecule is CCCNc1nc(Cc2csc(C)n2)nc(C)c1CC. The van der Waals surface area contributed by atoms with E-state index in [0.717, 1.165) is 47.4 Å². The van der Waals surface area contributed by atoms with Crippen molar-refractivity contribution in [2.75, 3.05) is 11.9 Å². The summed E-state index contributed by atoms with van der Waals surface area (Å²) in [4.78, 5) is 13.8. The minimum atomic E-state index is 0.704. The number of thiazole rings is 1. The molecule has 0 saturated carbocycles. The topological polar surface area (TPSA) is 50.7 Å². The number of nitrogens with one attached hydrogen (secondary N) is 1. The van der Waals surface area contributed by atoms with Crippen LogP contribution in [0.5, 0.6) is 0 Å². The highest BCUT2D eigenvalue weighted by molar-refractivity contribution is 7.09. The highest BCUT2D eigenvalue weighted by atomic mass is 32.1. The van der Waals surface area contributed by atoms with Crippen molar-refractivity contribution in [3.8, 4) is 0 Å². The molecule has 0 unspecified atom stereocenters. The Hall–Kier alpha value is -1.49. The molecule has 2 rings (SSSR count). The molecule has 2 heterocycles. The first-order valence-corrected chi connectivity index (χ1v) is 8.03. The van der Waals surface area contributed by atoms with E-state index in [1.165, 1.54) is 5.56 Å². The predicted octanol–water partition coefficient (Wildman–Crippen LogP) is 3.53. The van der Waals surface area contributed by atoms with Crippen LogP contribution in [0, 0.1) is 13.8 Å². The third-order valence-corrected chi connectivity index (χ3v) is 3.98. The molecule has 1 N–H and O–H groups in total. The van der Waals surface area contributed by atoms with Gasteiger partial charge in [-0.15, -0.1) is 11.3 Å². The lowest BCUT2D eigenvalue weighted by Crippen LogP contribution is -2.11. The summed E-state index contributed by atoms with van der Waals surface area (Å²) in [7, 11) is 0. The molecule has 0 atom stereocenters. The van der Waals surface area contributed by atoms with Gasteiger partial charge in [-0.1, -0.05) is 13.8 Å². The van der Waals surface area contributed by atoms with Gasteiger partial charge in [-0.3, -0.25) is 0 Å². The van der Waals surface area contributed by atoms with Crippen molar-refractivity contribution in [3.05, 3.63) is 33.2 Å². The fourth-order valence-electron chi connectivity index (χ4n) is 2.20. The molecule has 2 aromatic heterocycles. The lowest BCUT2D eigenvalue weighted by Gasteiger charge is -2.13. The zero-order valence-electron chi connectivity index (χ0n) is 12.7. The molecule has 0 bridgehead atoms. The number of anilines is 1. The van der Waals surface area contributed by atoms with Crippen LogP contribution in [0.25, 0.3) is 0 Å². The lowest BCUT2D eigenvalue weighted by molar-refractivity contribution is 0.877. The van der Waals surface area contributed by atoms with Crippen LogP contribution in [0.2, 0.25) is 0 Å². The average Bonchev–Trinajstić information content (AvgIpc) is 2.81. The quantitative estimate of drug-likeness (QED) is 0.884. The van der Waals surface area contributed by atoms with E-state index in [-0.39, 0.29) is 0 Å². The molecular weight excluding hydrogens is 268 g/mol. The van der Waals surface area contributed by atoms with Gasteiger partial charge >= 0.3 is 0 Å². The van der Waals surface area contributed by atoms with Crippen LogP contribution in [0.4, 0.5) is 5.82 Å². The summed E-state index contributed by atoms with van der Waals surface area (Å²) >= 11 is 1.67. The Bertz CT molecular complexity index is 577. The summed E-state index contributed by atoms with van der Waals surface area (Å²) in [6.07, 6.45) is 2.75. The molecule has 0 radical (unpaired) electrons. The Labute approximate surface area is 124 Å². The van der Waals surface area contributed by atoms with Crippen LogP contribution in [-0.2, 0) is 12.8 Å². The van der Waals surface area contributed by atoms with Gasteiger partial charge in [0.1, 0.15) is 11.6 Å². The van der Waals surface area contributed by atoms with E-state index in [2.05, 4.69) is 46.4 Å². The van der Waals surface area contributed by atoms with E-state index in [0.29, 0.717) is 6.42 Å². The predicted molar refractivity (Wildman–Crippen MR) is 84.6 cm³/mol. The second-order valence-electron chi connectivity index (χ2n) is 4.87. The van der Waals surface area contributed by atoms with Crippen molar-refractivity contribution in [3.63, 3.8) is 0 Å². The third kappa shape index (κ3) is 3.54. The van der Waals surface area contributed by atoms with Crippen LogP contribution in [0.1, 0.15) is 48.1 Å². The number of aryl methyl sites for hydroxylation is 2. The van der Waals surface area contributed by atoms with E-state index in [1.54, 1.807) is 11.3 Å². The van der Waals surface area contributed by atoms with Gasteiger partial charge < -0.3 is 5.32 Å². The van der Waals surface area contributed by atoms with Gasteiger partial charge in [-0.05, 0) is 26.7 Å². The fourth-order valence-corrected chi connectivity index (χ4v) is 2.81. The van der Waals surface area contributed by atoms with Crippen molar-refractivity contribution in [2.45, 2.75) is 47.0 Å². The Morgan fingerprint density at radius 1 is 1.15 bits per heavy atom. The molecule has 0 amide bonds. The van der Waals surface area contributed by atoms with E-state index < -0.39 is 0 Å². The molecule has 2 aromatic rings. The first-order chi connectivity index (χ1) is 9.63. The normalized spacial score (nSPS) is 10.8. The number of hydrogen-bond donors (Lipinski definition) is 1. The van der Waals surface area contributed by atoms with Crippen molar-refractivity contribution in [2.24, 2.45) is 0 Å². The van der Waals surface area contributed by atoms with Crippen LogP contribution in [0.15, 0.2) is 5.38 Å². The number of nitrogens with zero attached hydrogens (tertiary/aromatic N) is 3. The highest BCUT2D eigenvalue weighted by Crippen LogP contribution is 2.19. The van der Waals surface area contributed by atoms with Crippen LogP contribution >= 0.6 is 11.3 Å².